The van der Waals surface area contributed by atoms with Crippen LogP contribution in [0, 0.1) is 5.92 Å². The Kier molecular flexibility index (Phi) is 8.34. The molecule has 1 saturated heterocycles. The van der Waals surface area contributed by atoms with Crippen molar-refractivity contribution in [3.8, 4) is 22.7 Å². The summed E-state index contributed by atoms with van der Waals surface area (Å²) in [6.45, 7) is -0.957. The maximum atomic E-state index is 12.8. The van der Waals surface area contributed by atoms with Crippen LogP contribution in [0.3, 0.4) is 0 Å². The van der Waals surface area contributed by atoms with Gasteiger partial charge in [-0.1, -0.05) is 54.6 Å². The molecule has 41 heavy (non-hydrogen) atoms. The highest BCUT2D eigenvalue weighted by molar-refractivity contribution is 5.97. The Balaban J connectivity index is 1.43. The van der Waals surface area contributed by atoms with Gasteiger partial charge in [-0.15, -0.1) is 5.10 Å². The van der Waals surface area contributed by atoms with Crippen LogP contribution in [0.15, 0.2) is 84.9 Å². The van der Waals surface area contributed by atoms with Crippen LogP contribution in [0.4, 0.5) is 19.0 Å². The van der Waals surface area contributed by atoms with Gasteiger partial charge in [0, 0.05) is 30.7 Å². The number of hydrogen-bond acceptors (Lipinski definition) is 5. The second-order valence-electron chi connectivity index (χ2n) is 9.60. The van der Waals surface area contributed by atoms with Gasteiger partial charge in [0.05, 0.1) is 23.9 Å². The summed E-state index contributed by atoms with van der Waals surface area (Å²) in [5, 5.41) is 10.0. The van der Waals surface area contributed by atoms with Gasteiger partial charge < -0.3 is 20.1 Å². The van der Waals surface area contributed by atoms with Gasteiger partial charge in [0.2, 0.25) is 11.8 Å². The second-order valence-corrected chi connectivity index (χ2v) is 9.60. The number of hydrogen-bond donors (Lipinski definition) is 2. The van der Waals surface area contributed by atoms with E-state index in [4.69, 9.17) is 9.47 Å². The van der Waals surface area contributed by atoms with E-state index in [1.807, 2.05) is 48.5 Å². The Morgan fingerprint density at radius 3 is 2.51 bits per heavy atom. The quantitative estimate of drug-likeness (QED) is 0.274. The fourth-order valence-electron chi connectivity index (χ4n) is 4.41. The molecule has 1 atom stereocenters. The molecule has 5 rings (SSSR count). The van der Waals surface area contributed by atoms with Crippen LogP contribution < -0.4 is 15.4 Å². The molecule has 212 valence electrons. The van der Waals surface area contributed by atoms with Gasteiger partial charge in [-0.2, -0.15) is 13.2 Å². The minimum atomic E-state index is -4.42. The van der Waals surface area contributed by atoms with Gasteiger partial charge in [-0.3, -0.25) is 9.59 Å². The maximum Gasteiger partial charge on any atom is 0.411 e. The van der Waals surface area contributed by atoms with E-state index in [2.05, 4.69) is 15.7 Å². The molecule has 2 amide bonds. The van der Waals surface area contributed by atoms with E-state index in [1.165, 1.54) is 0 Å². The Morgan fingerprint density at radius 2 is 1.76 bits per heavy atom. The average molecular weight is 565 g/mol. The van der Waals surface area contributed by atoms with E-state index in [0.29, 0.717) is 34.9 Å². The van der Waals surface area contributed by atoms with Crippen molar-refractivity contribution in [3.05, 3.63) is 96.1 Å². The number of alkyl halides is 3. The molecule has 0 saturated carbocycles. The summed E-state index contributed by atoms with van der Waals surface area (Å²) in [6, 6.07) is 25.6. The number of nitrogens with zero attached hydrogens (tertiary/aromatic N) is 2. The SMILES string of the molecule is O=C1C[C@H](C(=O)Nc2cc(-c3cccc(COCC(F)(F)F)c3)n(-c3cccc(OCc4ccccc4)c3)n2)CN1. The minimum absolute atomic E-state index is 0.0974. The molecular formula is C30H27F3N4O4. The zero-order valence-electron chi connectivity index (χ0n) is 21.9. The molecule has 0 bridgehead atoms. The van der Waals surface area contributed by atoms with Crippen molar-refractivity contribution in [2.45, 2.75) is 25.8 Å². The Bertz CT molecular complexity index is 1520. The molecule has 1 fully saturated rings. The number of carbonyl (C=O) groups is 2. The summed E-state index contributed by atoms with van der Waals surface area (Å²) < 4.78 is 50.1. The third-order valence-corrected chi connectivity index (χ3v) is 6.38. The molecule has 11 heteroatoms. The first-order chi connectivity index (χ1) is 19.7. The van der Waals surface area contributed by atoms with Gasteiger partial charge in [0.15, 0.2) is 5.82 Å². The van der Waals surface area contributed by atoms with E-state index in [9.17, 15) is 22.8 Å². The van der Waals surface area contributed by atoms with Crippen molar-refractivity contribution in [2.24, 2.45) is 5.92 Å². The van der Waals surface area contributed by atoms with Crippen LogP contribution in [-0.2, 0) is 27.5 Å². The molecule has 1 aliphatic rings. The molecule has 2 heterocycles. The number of carbonyl (C=O) groups excluding carboxylic acids is 2. The van der Waals surface area contributed by atoms with E-state index < -0.39 is 18.7 Å². The average Bonchev–Trinajstić information content (AvgIpc) is 3.59. The topological polar surface area (TPSA) is 94.5 Å². The number of aromatic nitrogens is 2. The Labute approximate surface area is 234 Å². The van der Waals surface area contributed by atoms with Gasteiger partial charge >= 0.3 is 6.18 Å². The number of nitrogens with one attached hydrogen (secondary N) is 2. The normalized spacial score (nSPS) is 15.0. The van der Waals surface area contributed by atoms with Crippen LogP contribution in [0.5, 0.6) is 5.75 Å². The molecule has 4 aromatic rings. The maximum absolute atomic E-state index is 12.8. The van der Waals surface area contributed by atoms with Gasteiger partial charge in [0.25, 0.3) is 0 Å². The lowest BCUT2D eigenvalue weighted by Gasteiger charge is -2.12. The van der Waals surface area contributed by atoms with Crippen LogP contribution in [0.1, 0.15) is 17.5 Å². The third kappa shape index (κ3) is 7.52. The standard InChI is InChI=1S/C30H27F3N4O4/c31-30(32,33)19-40-17-21-8-4-9-22(12-21)26-15-27(35-29(39)23-13-28(38)34-16-23)36-37(26)24-10-5-11-25(14-24)41-18-20-6-2-1-3-7-20/h1-12,14-15,23H,13,16-19H2,(H,34,38)(H,35,36,39)/t23-/m0/s1. The van der Waals surface area contributed by atoms with Crippen molar-refractivity contribution >= 4 is 17.6 Å². The largest absolute Gasteiger partial charge is 0.489 e. The predicted octanol–water partition coefficient (Wildman–Crippen LogP) is 5.27. The van der Waals surface area contributed by atoms with Crippen molar-refractivity contribution in [2.75, 3.05) is 18.5 Å². The molecule has 0 unspecified atom stereocenters. The summed E-state index contributed by atoms with van der Waals surface area (Å²) in [5.41, 5.74) is 3.42. The van der Waals surface area contributed by atoms with Gasteiger partial charge in [-0.05, 0) is 29.3 Å². The van der Waals surface area contributed by atoms with E-state index >= 15 is 0 Å². The lowest BCUT2D eigenvalue weighted by atomic mass is 10.1. The number of anilines is 1. The fraction of sp³-hybridized carbons (Fsp3) is 0.233. The number of benzene rings is 3. The zero-order valence-corrected chi connectivity index (χ0v) is 21.9. The molecular weight excluding hydrogens is 537 g/mol. The Hall–Kier alpha value is -4.64. The van der Waals surface area contributed by atoms with Crippen molar-refractivity contribution in [1.29, 1.82) is 0 Å². The summed E-state index contributed by atoms with van der Waals surface area (Å²) in [5.74, 6) is -0.177. The van der Waals surface area contributed by atoms with Crippen LogP contribution in [0.2, 0.25) is 0 Å². The molecule has 1 aromatic heterocycles. The van der Waals surface area contributed by atoms with Crippen LogP contribution in [-0.4, -0.2) is 40.9 Å². The molecule has 8 nitrogen and oxygen atoms in total. The monoisotopic (exact) mass is 564 g/mol. The lowest BCUT2D eigenvalue weighted by molar-refractivity contribution is -0.176. The van der Waals surface area contributed by atoms with Crippen molar-refractivity contribution < 1.29 is 32.2 Å². The molecule has 0 spiro atoms. The molecule has 0 radical (unpaired) electrons. The Morgan fingerprint density at radius 1 is 0.976 bits per heavy atom. The van der Waals surface area contributed by atoms with Crippen molar-refractivity contribution in [3.63, 3.8) is 0 Å². The number of amides is 2. The summed E-state index contributed by atoms with van der Waals surface area (Å²) in [4.78, 5) is 24.4. The third-order valence-electron chi connectivity index (χ3n) is 6.38. The van der Waals surface area contributed by atoms with E-state index in [0.717, 1.165) is 5.56 Å². The predicted molar refractivity (Wildman–Crippen MR) is 145 cm³/mol. The van der Waals surface area contributed by atoms with Crippen molar-refractivity contribution in [1.82, 2.24) is 15.1 Å². The first kappa shape index (κ1) is 27.9. The highest BCUT2D eigenvalue weighted by Crippen LogP contribution is 2.29. The number of rotatable bonds is 10. The highest BCUT2D eigenvalue weighted by Gasteiger charge is 2.29. The van der Waals surface area contributed by atoms with Gasteiger partial charge in [-0.25, -0.2) is 4.68 Å². The molecule has 2 N–H and O–H groups in total. The summed E-state index contributed by atoms with van der Waals surface area (Å²) >= 11 is 0. The smallest absolute Gasteiger partial charge is 0.411 e. The molecule has 1 aliphatic heterocycles. The van der Waals surface area contributed by atoms with E-state index in [1.54, 1.807) is 41.1 Å². The lowest BCUT2D eigenvalue weighted by Crippen LogP contribution is -2.24. The van der Waals surface area contributed by atoms with E-state index in [-0.39, 0.29) is 37.2 Å². The highest BCUT2D eigenvalue weighted by atomic mass is 19.4. The number of halogens is 3. The second kappa shape index (κ2) is 12.3. The van der Waals surface area contributed by atoms with Crippen LogP contribution in [0.25, 0.3) is 16.9 Å². The fourth-order valence-corrected chi connectivity index (χ4v) is 4.41. The minimum Gasteiger partial charge on any atom is -0.489 e. The summed E-state index contributed by atoms with van der Waals surface area (Å²) in [7, 11) is 0. The summed E-state index contributed by atoms with van der Waals surface area (Å²) in [6.07, 6.45) is -4.32. The zero-order chi connectivity index (χ0) is 28.8. The first-order valence-electron chi connectivity index (χ1n) is 12.9. The molecule has 0 aliphatic carbocycles. The van der Waals surface area contributed by atoms with Gasteiger partial charge in [0.1, 0.15) is 19.0 Å². The number of ether oxygens (including phenoxy) is 2. The van der Waals surface area contributed by atoms with Crippen LogP contribution >= 0.6 is 0 Å². The molecule has 3 aromatic carbocycles. The first-order valence-corrected chi connectivity index (χ1v) is 12.9.